The van der Waals surface area contributed by atoms with Crippen molar-refractivity contribution in [2.45, 2.75) is 61.5 Å². The molecule has 1 aliphatic rings. The predicted octanol–water partition coefficient (Wildman–Crippen LogP) is 8.65. The number of hydrogen-bond acceptors (Lipinski definition) is 6. The highest BCUT2D eigenvalue weighted by Gasteiger charge is 2.49. The fourth-order valence-electron chi connectivity index (χ4n) is 5.49. The van der Waals surface area contributed by atoms with E-state index in [1.54, 1.807) is 11.8 Å². The minimum Gasteiger partial charge on any atom is -0.463 e. The maximum atomic E-state index is 6.89. The lowest BCUT2D eigenvalue weighted by molar-refractivity contribution is -0.253. The molecule has 6 heteroatoms. The van der Waals surface area contributed by atoms with Crippen LogP contribution >= 0.6 is 11.8 Å². The first-order chi connectivity index (χ1) is 22.7. The number of aryl methyl sites for hydroxylation is 1. The minimum absolute atomic E-state index is 0.253. The normalized spacial score (nSPS) is 21.1. The van der Waals surface area contributed by atoms with Gasteiger partial charge in [0, 0.05) is 4.90 Å². The van der Waals surface area contributed by atoms with Crippen molar-refractivity contribution in [1.82, 2.24) is 0 Å². The van der Waals surface area contributed by atoms with Gasteiger partial charge < -0.3 is 23.7 Å². The van der Waals surface area contributed by atoms with Crippen molar-refractivity contribution in [3.8, 4) is 5.75 Å². The zero-order valence-corrected chi connectivity index (χ0v) is 26.8. The maximum absolute atomic E-state index is 6.89. The van der Waals surface area contributed by atoms with Crippen molar-refractivity contribution in [3.63, 3.8) is 0 Å². The van der Waals surface area contributed by atoms with Crippen molar-refractivity contribution < 1.29 is 23.7 Å². The maximum Gasteiger partial charge on any atom is 0.215 e. The van der Waals surface area contributed by atoms with Crippen LogP contribution in [-0.4, -0.2) is 36.5 Å². The van der Waals surface area contributed by atoms with Gasteiger partial charge in [-0.15, -0.1) is 11.8 Å². The molecule has 1 aliphatic heterocycles. The van der Waals surface area contributed by atoms with Gasteiger partial charge in [-0.05, 0) is 47.4 Å². The van der Waals surface area contributed by atoms with Crippen LogP contribution in [0.2, 0.25) is 0 Å². The van der Waals surface area contributed by atoms with Gasteiger partial charge in [0.1, 0.15) is 29.3 Å². The van der Waals surface area contributed by atoms with Gasteiger partial charge >= 0.3 is 0 Å². The Morgan fingerprint density at radius 1 is 0.565 bits per heavy atom. The molecule has 0 saturated carbocycles. The Morgan fingerprint density at radius 2 is 1.07 bits per heavy atom. The molecule has 236 valence electrons. The average Bonchev–Trinajstić information content (AvgIpc) is 3.11. The van der Waals surface area contributed by atoms with Crippen LogP contribution in [0.15, 0.2) is 150 Å². The van der Waals surface area contributed by atoms with Crippen LogP contribution in [0.1, 0.15) is 22.3 Å². The zero-order chi connectivity index (χ0) is 31.4. The molecule has 0 spiro atoms. The highest BCUT2D eigenvalue weighted by atomic mass is 32.2. The molecule has 5 aromatic rings. The Bertz CT molecular complexity index is 1590. The molecule has 5 atom stereocenters. The monoisotopic (exact) mass is 632 g/mol. The van der Waals surface area contributed by atoms with E-state index >= 15 is 0 Å². The van der Waals surface area contributed by atoms with Crippen molar-refractivity contribution in [2.75, 3.05) is 6.61 Å². The predicted molar refractivity (Wildman–Crippen MR) is 183 cm³/mol. The topological polar surface area (TPSA) is 46.2 Å². The molecule has 1 fully saturated rings. The van der Waals surface area contributed by atoms with Crippen molar-refractivity contribution in [3.05, 3.63) is 168 Å². The molecule has 46 heavy (non-hydrogen) atoms. The van der Waals surface area contributed by atoms with E-state index in [0.717, 1.165) is 32.9 Å². The van der Waals surface area contributed by atoms with Gasteiger partial charge in [0.05, 0.1) is 26.4 Å². The Balaban J connectivity index is 1.34. The largest absolute Gasteiger partial charge is 0.463 e. The van der Waals surface area contributed by atoms with Crippen LogP contribution in [0.5, 0.6) is 5.75 Å². The second kappa shape index (κ2) is 16.6. The summed E-state index contributed by atoms with van der Waals surface area (Å²) in [5.74, 6) is 0.778. The van der Waals surface area contributed by atoms with Crippen LogP contribution in [0.25, 0.3) is 0 Å². The Labute approximate surface area is 276 Å². The Hall–Kier alpha value is -3.91. The van der Waals surface area contributed by atoms with Crippen LogP contribution in [0.3, 0.4) is 0 Å². The van der Waals surface area contributed by atoms with Gasteiger partial charge in [0.25, 0.3) is 0 Å². The molecule has 1 saturated heterocycles. The highest BCUT2D eigenvalue weighted by Crippen LogP contribution is 2.39. The van der Waals surface area contributed by atoms with E-state index in [1.807, 2.05) is 104 Å². The third-order valence-corrected chi connectivity index (χ3v) is 9.21. The molecule has 6 rings (SSSR count). The third-order valence-electron chi connectivity index (χ3n) is 7.91. The molecule has 0 radical (unpaired) electrons. The fraction of sp³-hybridized carbons (Fsp3) is 0.250. The molecule has 0 bridgehead atoms. The number of rotatable bonds is 14. The van der Waals surface area contributed by atoms with Crippen LogP contribution < -0.4 is 4.74 Å². The number of hydrogen-bond donors (Lipinski definition) is 0. The summed E-state index contributed by atoms with van der Waals surface area (Å²) in [4.78, 5) is 1.10. The molecule has 1 heterocycles. The van der Waals surface area contributed by atoms with E-state index in [1.165, 1.54) is 0 Å². The van der Waals surface area contributed by atoms with Crippen molar-refractivity contribution >= 4 is 11.8 Å². The van der Waals surface area contributed by atoms with Gasteiger partial charge in [0.15, 0.2) is 0 Å². The molecule has 0 aliphatic carbocycles. The summed E-state index contributed by atoms with van der Waals surface area (Å²) in [5.41, 5.74) is 4.31. The Morgan fingerprint density at radius 3 is 1.65 bits per heavy atom. The van der Waals surface area contributed by atoms with E-state index < -0.39 is 18.5 Å². The van der Waals surface area contributed by atoms with Crippen molar-refractivity contribution in [1.29, 1.82) is 0 Å². The van der Waals surface area contributed by atoms with E-state index in [0.29, 0.717) is 26.4 Å². The van der Waals surface area contributed by atoms with Gasteiger partial charge in [-0.3, -0.25) is 0 Å². The summed E-state index contributed by atoms with van der Waals surface area (Å²) in [6.45, 7) is 3.68. The number of thioether (sulfide) groups is 1. The second-order valence-corrected chi connectivity index (χ2v) is 12.6. The van der Waals surface area contributed by atoms with Gasteiger partial charge in [-0.25, -0.2) is 0 Å². The standard InChI is InChI=1S/C40H40O5S/c1-30-16-14-15-25-35(30)44-40-39(46-34-23-12-5-13-24-34)38(43-28-33-21-10-4-11-22-33)37(42-27-32-19-8-3-9-20-32)36(45-40)29-41-26-31-17-6-2-7-18-31/h2-25,36-40H,26-29H2,1H3/t36-,37-,38+,39+,40+/m1/s1. The van der Waals surface area contributed by atoms with Gasteiger partial charge in [-0.2, -0.15) is 0 Å². The molecule has 0 unspecified atom stereocenters. The minimum atomic E-state index is -0.631. The van der Waals surface area contributed by atoms with Crippen LogP contribution in [0.4, 0.5) is 0 Å². The highest BCUT2D eigenvalue weighted by molar-refractivity contribution is 8.00. The lowest BCUT2D eigenvalue weighted by Gasteiger charge is -2.46. The molecule has 5 aromatic carbocycles. The van der Waals surface area contributed by atoms with E-state index in [4.69, 9.17) is 23.7 Å². The molecule has 0 aromatic heterocycles. The van der Waals surface area contributed by atoms with E-state index in [2.05, 4.69) is 48.5 Å². The molecular formula is C40H40O5S. The zero-order valence-electron chi connectivity index (χ0n) is 26.0. The summed E-state index contributed by atoms with van der Waals surface area (Å²) < 4.78 is 33.6. The number of ether oxygens (including phenoxy) is 5. The first-order valence-corrected chi connectivity index (χ1v) is 16.6. The molecular weight excluding hydrogens is 593 g/mol. The van der Waals surface area contributed by atoms with E-state index in [9.17, 15) is 0 Å². The summed E-state index contributed by atoms with van der Waals surface area (Å²) in [6, 6.07) is 49.0. The quantitative estimate of drug-likeness (QED) is 0.122. The van der Waals surface area contributed by atoms with Crippen molar-refractivity contribution in [2.24, 2.45) is 0 Å². The van der Waals surface area contributed by atoms with E-state index in [-0.39, 0.29) is 11.4 Å². The smallest absolute Gasteiger partial charge is 0.215 e. The summed E-state index contributed by atoms with van der Waals surface area (Å²) in [5, 5.41) is -0.253. The number of para-hydroxylation sites is 1. The van der Waals surface area contributed by atoms with Crippen LogP contribution in [-0.2, 0) is 38.8 Å². The molecule has 5 nitrogen and oxygen atoms in total. The lowest BCUT2D eigenvalue weighted by atomic mass is 10.00. The first-order valence-electron chi connectivity index (χ1n) is 15.7. The van der Waals surface area contributed by atoms with Gasteiger partial charge in [-0.1, -0.05) is 127 Å². The molecule has 0 N–H and O–H groups in total. The summed E-state index contributed by atoms with van der Waals surface area (Å²) in [7, 11) is 0. The van der Waals surface area contributed by atoms with Crippen LogP contribution in [0, 0.1) is 6.92 Å². The fourth-order valence-corrected chi connectivity index (χ4v) is 6.72. The second-order valence-electron chi connectivity index (χ2n) is 11.3. The lowest BCUT2D eigenvalue weighted by Crippen LogP contribution is -2.60. The number of benzene rings is 5. The SMILES string of the molecule is Cc1ccccc1O[C@H]1O[C@H](COCc2ccccc2)[C@@H](OCc2ccccc2)[C@H](OCc2ccccc2)[C@@H]1Sc1ccccc1. The first kappa shape index (κ1) is 32.0. The average molecular weight is 633 g/mol. The molecule has 0 amide bonds. The van der Waals surface area contributed by atoms with Gasteiger partial charge in [0.2, 0.25) is 6.29 Å². The Kier molecular flexibility index (Phi) is 11.6. The third kappa shape index (κ3) is 8.87. The summed E-state index contributed by atoms with van der Waals surface area (Å²) >= 11 is 1.69. The summed E-state index contributed by atoms with van der Waals surface area (Å²) in [6.07, 6.45) is -1.90.